The first-order valence-electron chi connectivity index (χ1n) is 14.8. The van der Waals surface area contributed by atoms with E-state index in [0.29, 0.717) is 17.4 Å². The summed E-state index contributed by atoms with van der Waals surface area (Å²) in [6, 6.07) is -0.753. The number of rotatable bonds is 26. The molecular formula is C28H60N2O6P+. The van der Waals surface area contributed by atoms with Gasteiger partial charge in [0.2, 0.25) is 5.91 Å². The van der Waals surface area contributed by atoms with Crippen molar-refractivity contribution >= 4 is 13.7 Å². The molecule has 0 aliphatic carbocycles. The number of amides is 1. The fraction of sp³-hybridized carbons (Fsp3) is 0.964. The Kier molecular flexibility index (Phi) is 22.0. The molecule has 0 bridgehead atoms. The fourth-order valence-corrected chi connectivity index (χ4v) is 4.99. The van der Waals surface area contributed by atoms with Crippen LogP contribution in [0.4, 0.5) is 0 Å². The molecule has 0 aromatic heterocycles. The second-order valence-corrected chi connectivity index (χ2v) is 13.0. The highest BCUT2D eigenvalue weighted by molar-refractivity contribution is 7.47. The van der Waals surface area contributed by atoms with Gasteiger partial charge in [0.25, 0.3) is 0 Å². The number of carbonyl (C=O) groups excluding carboxylic acids is 1. The molecule has 222 valence electrons. The lowest BCUT2D eigenvalue weighted by molar-refractivity contribution is -0.870. The van der Waals surface area contributed by atoms with Crippen LogP contribution >= 0.6 is 7.82 Å². The molecule has 37 heavy (non-hydrogen) atoms. The summed E-state index contributed by atoms with van der Waals surface area (Å²) >= 11 is 0. The molecule has 0 aromatic carbocycles. The largest absolute Gasteiger partial charge is 0.472 e. The van der Waals surface area contributed by atoms with E-state index in [1.165, 1.54) is 90.4 Å². The molecule has 0 aliphatic heterocycles. The number of hydrogen-bond donors (Lipinski definition) is 3. The van der Waals surface area contributed by atoms with Gasteiger partial charge in [0.05, 0.1) is 39.9 Å². The lowest BCUT2D eigenvalue weighted by atomic mass is 10.0. The molecule has 8 nitrogen and oxygen atoms in total. The van der Waals surface area contributed by atoms with Crippen LogP contribution in [0.3, 0.4) is 0 Å². The number of phosphoric ester groups is 1. The molecule has 1 amide bonds. The zero-order chi connectivity index (χ0) is 28.0. The summed E-state index contributed by atoms with van der Waals surface area (Å²) < 4.78 is 22.8. The van der Waals surface area contributed by atoms with Crippen molar-refractivity contribution in [3.8, 4) is 0 Å². The first-order valence-corrected chi connectivity index (χ1v) is 16.3. The van der Waals surface area contributed by atoms with Gasteiger partial charge in [0.1, 0.15) is 13.2 Å². The van der Waals surface area contributed by atoms with Crippen LogP contribution in [0.5, 0.6) is 0 Å². The lowest BCUT2D eigenvalue weighted by Crippen LogP contribution is -2.45. The van der Waals surface area contributed by atoms with E-state index >= 15 is 0 Å². The van der Waals surface area contributed by atoms with Gasteiger partial charge in [-0.05, 0) is 6.42 Å². The van der Waals surface area contributed by atoms with Crippen molar-refractivity contribution in [2.45, 2.75) is 135 Å². The fourth-order valence-electron chi connectivity index (χ4n) is 4.25. The molecule has 0 spiro atoms. The van der Waals surface area contributed by atoms with E-state index in [1.807, 2.05) is 21.1 Å². The molecule has 0 aliphatic rings. The number of carbonyl (C=O) groups is 1. The van der Waals surface area contributed by atoms with Crippen LogP contribution in [0.2, 0.25) is 0 Å². The summed E-state index contributed by atoms with van der Waals surface area (Å²) in [7, 11) is 1.61. The van der Waals surface area contributed by atoms with E-state index in [-0.39, 0.29) is 19.1 Å². The quantitative estimate of drug-likeness (QED) is 0.0658. The average molecular weight is 552 g/mol. The minimum absolute atomic E-state index is 0.0732. The summed E-state index contributed by atoms with van der Waals surface area (Å²) in [6.45, 7) is 3.95. The number of likely N-dealkylation sites (N-methyl/N-ethyl adjacent to an activating group) is 1. The second kappa shape index (κ2) is 22.3. The van der Waals surface area contributed by atoms with E-state index in [0.717, 1.165) is 19.3 Å². The molecule has 0 radical (unpaired) electrons. The van der Waals surface area contributed by atoms with Gasteiger partial charge in [0, 0.05) is 6.92 Å². The van der Waals surface area contributed by atoms with E-state index in [1.54, 1.807) is 0 Å². The van der Waals surface area contributed by atoms with Crippen LogP contribution in [0, 0.1) is 0 Å². The van der Waals surface area contributed by atoms with E-state index in [4.69, 9.17) is 9.05 Å². The Bertz CT molecular complexity index is 600. The van der Waals surface area contributed by atoms with Crippen LogP contribution in [0.25, 0.3) is 0 Å². The van der Waals surface area contributed by atoms with Crippen molar-refractivity contribution in [3.63, 3.8) is 0 Å². The monoisotopic (exact) mass is 551 g/mol. The van der Waals surface area contributed by atoms with Crippen LogP contribution < -0.4 is 5.32 Å². The maximum atomic E-state index is 12.1. The topological polar surface area (TPSA) is 105 Å². The first-order chi connectivity index (χ1) is 17.5. The van der Waals surface area contributed by atoms with Gasteiger partial charge in [-0.2, -0.15) is 0 Å². The van der Waals surface area contributed by atoms with Crippen molar-refractivity contribution in [1.82, 2.24) is 5.32 Å². The first kappa shape index (κ1) is 36.5. The Balaban J connectivity index is 3.90. The maximum absolute atomic E-state index is 12.1. The van der Waals surface area contributed by atoms with Gasteiger partial charge in [0.15, 0.2) is 0 Å². The molecule has 3 unspecified atom stereocenters. The Labute approximate surface area is 228 Å². The van der Waals surface area contributed by atoms with Crippen LogP contribution in [0.1, 0.15) is 123 Å². The number of nitrogens with zero attached hydrogens (tertiary/aromatic N) is 1. The Morgan fingerprint density at radius 3 is 1.65 bits per heavy atom. The highest BCUT2D eigenvalue weighted by Gasteiger charge is 2.27. The van der Waals surface area contributed by atoms with Crippen LogP contribution in [-0.2, 0) is 18.4 Å². The van der Waals surface area contributed by atoms with Crippen molar-refractivity contribution in [1.29, 1.82) is 0 Å². The van der Waals surface area contributed by atoms with Gasteiger partial charge in [-0.3, -0.25) is 13.8 Å². The van der Waals surface area contributed by atoms with Gasteiger partial charge in [-0.25, -0.2) is 4.57 Å². The number of aliphatic hydroxyl groups is 1. The molecule has 0 saturated heterocycles. The highest BCUT2D eigenvalue weighted by atomic mass is 31.2. The summed E-state index contributed by atoms with van der Waals surface area (Å²) in [6.07, 6.45) is 20.2. The summed E-state index contributed by atoms with van der Waals surface area (Å²) in [5, 5.41) is 13.2. The van der Waals surface area contributed by atoms with Crippen molar-refractivity contribution < 1.29 is 32.9 Å². The van der Waals surface area contributed by atoms with Gasteiger partial charge >= 0.3 is 7.82 Å². The van der Waals surface area contributed by atoms with Gasteiger partial charge in [-0.15, -0.1) is 0 Å². The molecule has 0 aromatic rings. The number of aliphatic hydroxyl groups excluding tert-OH is 1. The maximum Gasteiger partial charge on any atom is 0.472 e. The predicted molar refractivity (Wildman–Crippen MR) is 152 cm³/mol. The Morgan fingerprint density at radius 1 is 0.811 bits per heavy atom. The molecular weight excluding hydrogens is 491 g/mol. The summed E-state index contributed by atoms with van der Waals surface area (Å²) in [5.74, 6) is -0.321. The molecule has 9 heteroatoms. The molecule has 3 N–H and O–H groups in total. The number of unbranched alkanes of at least 4 members (excludes halogenated alkanes) is 15. The number of nitrogens with one attached hydrogen (secondary N) is 1. The molecule has 0 rings (SSSR count). The smallest absolute Gasteiger partial charge is 0.391 e. The number of hydrogen-bond acceptors (Lipinski definition) is 5. The van der Waals surface area contributed by atoms with Crippen molar-refractivity contribution in [3.05, 3.63) is 0 Å². The second-order valence-electron chi connectivity index (χ2n) is 11.6. The van der Waals surface area contributed by atoms with Crippen LogP contribution in [0.15, 0.2) is 0 Å². The van der Waals surface area contributed by atoms with E-state index in [2.05, 4.69) is 12.2 Å². The number of quaternary nitrogens is 1. The molecule has 0 fully saturated rings. The summed E-state index contributed by atoms with van der Waals surface area (Å²) in [5.41, 5.74) is 0. The van der Waals surface area contributed by atoms with Gasteiger partial charge in [-0.1, -0.05) is 110 Å². The molecule has 0 heterocycles. The van der Waals surface area contributed by atoms with Crippen LogP contribution in [-0.4, -0.2) is 73.4 Å². The van der Waals surface area contributed by atoms with E-state index < -0.39 is 20.0 Å². The third kappa shape index (κ3) is 25.5. The number of phosphoric acid groups is 1. The highest BCUT2D eigenvalue weighted by Crippen LogP contribution is 2.43. The Morgan fingerprint density at radius 2 is 1.24 bits per heavy atom. The minimum atomic E-state index is -4.25. The standard InChI is InChI=1S/C28H59N2O6P/c1-6-7-8-9-10-11-12-13-14-15-16-17-18-19-20-21-22-28(32)27(29-26(2)31)25-36-37(33,34)35-24-23-30(3,4)5/h27-28,32H,6-25H2,1-5H3,(H-,29,31,33,34)/p+1. The average Bonchev–Trinajstić information content (AvgIpc) is 2.80. The molecule has 3 atom stereocenters. The minimum Gasteiger partial charge on any atom is -0.391 e. The van der Waals surface area contributed by atoms with Crippen molar-refractivity contribution in [2.24, 2.45) is 0 Å². The third-order valence-corrected chi connectivity index (χ3v) is 7.62. The Hall–Kier alpha value is -0.500. The normalized spacial score (nSPS) is 15.3. The van der Waals surface area contributed by atoms with E-state index in [9.17, 15) is 19.4 Å². The predicted octanol–water partition coefficient (Wildman–Crippen LogP) is 6.34. The zero-order valence-electron chi connectivity index (χ0n) is 24.7. The lowest BCUT2D eigenvalue weighted by Gasteiger charge is -2.26. The van der Waals surface area contributed by atoms with Crippen molar-refractivity contribution in [2.75, 3.05) is 40.9 Å². The van der Waals surface area contributed by atoms with Gasteiger partial charge < -0.3 is 19.8 Å². The summed E-state index contributed by atoms with van der Waals surface area (Å²) in [4.78, 5) is 21.5. The SMILES string of the molecule is CCCCCCCCCCCCCCCCCCC(O)C(COP(=O)(O)OCC[N+](C)(C)C)NC(C)=O. The third-order valence-electron chi connectivity index (χ3n) is 6.64. The zero-order valence-corrected chi connectivity index (χ0v) is 25.6. The molecule has 0 saturated carbocycles.